The van der Waals surface area contributed by atoms with Gasteiger partial charge in [-0.05, 0) is 96.2 Å². The number of fused-ring (bicyclic) bond motifs is 2. The van der Waals surface area contributed by atoms with Crippen LogP contribution < -0.4 is 4.74 Å². The zero-order valence-electron chi connectivity index (χ0n) is 22.9. The maximum atomic E-state index is 15.0. The summed E-state index contributed by atoms with van der Waals surface area (Å²) in [5.74, 6) is -0.512. The van der Waals surface area contributed by atoms with Crippen LogP contribution in [0.4, 0.5) is 4.39 Å². The van der Waals surface area contributed by atoms with Crippen LogP contribution >= 0.6 is 0 Å². The largest absolute Gasteiger partial charge is 0.489 e. The van der Waals surface area contributed by atoms with Crippen LogP contribution in [0.3, 0.4) is 0 Å². The van der Waals surface area contributed by atoms with Crippen LogP contribution in [0.5, 0.6) is 5.75 Å². The Bertz CT molecular complexity index is 1370. The van der Waals surface area contributed by atoms with Crippen molar-refractivity contribution in [1.29, 1.82) is 0 Å². The van der Waals surface area contributed by atoms with Gasteiger partial charge >= 0.3 is 5.97 Å². The summed E-state index contributed by atoms with van der Waals surface area (Å²) in [4.78, 5) is 11.8. The second-order valence-corrected chi connectivity index (χ2v) is 12.1. The molecule has 2 aliphatic carbocycles. The van der Waals surface area contributed by atoms with Crippen molar-refractivity contribution in [2.75, 3.05) is 7.11 Å². The molecule has 0 heterocycles. The molecular weight excluding hydrogens is 479 g/mol. The lowest BCUT2D eigenvalue weighted by Gasteiger charge is -2.45. The van der Waals surface area contributed by atoms with Gasteiger partial charge in [-0.1, -0.05) is 50.6 Å². The number of aryl methyl sites for hydroxylation is 2. The molecule has 1 N–H and O–H groups in total. The van der Waals surface area contributed by atoms with Crippen molar-refractivity contribution in [1.82, 2.24) is 0 Å². The van der Waals surface area contributed by atoms with Gasteiger partial charge in [0.15, 0.2) is 0 Å². The van der Waals surface area contributed by atoms with Gasteiger partial charge in [0.25, 0.3) is 0 Å². The van der Waals surface area contributed by atoms with E-state index in [0.717, 1.165) is 59.3 Å². The summed E-state index contributed by atoms with van der Waals surface area (Å²) in [5.41, 5.74) is 6.21. The predicted octanol–water partition coefficient (Wildman–Crippen LogP) is 7.79. The molecule has 0 aliphatic heterocycles. The summed E-state index contributed by atoms with van der Waals surface area (Å²) < 4.78 is 27.2. The Kier molecular flexibility index (Phi) is 6.85. The summed E-state index contributed by atoms with van der Waals surface area (Å²) in [6.45, 7) is 8.66. The molecule has 3 aromatic carbocycles. The topological polar surface area (TPSA) is 55.8 Å². The normalized spacial score (nSPS) is 21.2. The average molecular weight is 517 g/mol. The molecule has 38 heavy (non-hydrogen) atoms. The van der Waals surface area contributed by atoms with Crippen molar-refractivity contribution in [3.63, 3.8) is 0 Å². The first-order chi connectivity index (χ1) is 18.0. The Morgan fingerprint density at radius 3 is 2.53 bits per heavy atom. The summed E-state index contributed by atoms with van der Waals surface area (Å²) in [6.07, 6.45) is 3.24. The fourth-order valence-corrected chi connectivity index (χ4v) is 6.56. The summed E-state index contributed by atoms with van der Waals surface area (Å²) >= 11 is 0. The summed E-state index contributed by atoms with van der Waals surface area (Å²) in [7, 11) is 1.70. The van der Waals surface area contributed by atoms with E-state index in [1.807, 2.05) is 31.2 Å². The van der Waals surface area contributed by atoms with Crippen LogP contribution in [-0.2, 0) is 28.0 Å². The van der Waals surface area contributed by atoms with E-state index < -0.39 is 5.97 Å². The van der Waals surface area contributed by atoms with Gasteiger partial charge in [0.2, 0.25) is 0 Å². The van der Waals surface area contributed by atoms with E-state index in [-0.39, 0.29) is 28.7 Å². The van der Waals surface area contributed by atoms with Crippen LogP contribution in [-0.4, -0.2) is 18.2 Å². The van der Waals surface area contributed by atoms with E-state index in [2.05, 4.69) is 39.0 Å². The van der Waals surface area contributed by atoms with Crippen molar-refractivity contribution in [2.24, 2.45) is 11.3 Å². The third kappa shape index (κ3) is 4.62. The van der Waals surface area contributed by atoms with E-state index in [1.54, 1.807) is 13.2 Å². The minimum Gasteiger partial charge on any atom is -0.489 e. The Labute approximate surface area is 224 Å². The molecule has 200 valence electrons. The van der Waals surface area contributed by atoms with Gasteiger partial charge in [0, 0.05) is 18.1 Å². The fourth-order valence-electron chi connectivity index (χ4n) is 6.56. The highest BCUT2D eigenvalue weighted by Gasteiger charge is 2.54. The maximum absolute atomic E-state index is 15.0. The molecule has 0 bridgehead atoms. The molecule has 3 aromatic rings. The molecule has 5 heteroatoms. The molecule has 3 atom stereocenters. The van der Waals surface area contributed by atoms with Crippen LogP contribution in [0.15, 0.2) is 54.6 Å². The standard InChI is InChI=1S/C33H37FO4/c1-20-6-11-29(34)25(16-20)24-10-7-21(17-26(24)30(37-5)32(2,3)4)19-38-23-9-8-22-12-14-33(28(22)18-23)15-13-27(33)31(35)36/h6-11,16-18,27,30H,12-15,19H2,1-5H3,(H,35,36)/t27-,30-,33-/m0/s1. The lowest BCUT2D eigenvalue weighted by molar-refractivity contribution is -0.149. The van der Waals surface area contributed by atoms with E-state index >= 15 is 0 Å². The number of aliphatic carboxylic acids is 1. The summed E-state index contributed by atoms with van der Waals surface area (Å²) in [5, 5.41) is 9.73. The van der Waals surface area contributed by atoms with Gasteiger partial charge in [-0.3, -0.25) is 4.79 Å². The number of halogens is 1. The lowest BCUT2D eigenvalue weighted by atomic mass is 9.57. The number of hydrogen-bond acceptors (Lipinski definition) is 3. The molecule has 1 fully saturated rings. The highest BCUT2D eigenvalue weighted by Crippen LogP contribution is 2.57. The third-order valence-corrected chi connectivity index (χ3v) is 8.54. The van der Waals surface area contributed by atoms with Crippen molar-refractivity contribution in [2.45, 2.75) is 71.5 Å². The molecule has 0 amide bonds. The summed E-state index contributed by atoms with van der Waals surface area (Å²) in [6, 6.07) is 17.3. The Hall–Kier alpha value is -3.18. The average Bonchev–Trinajstić information content (AvgIpc) is 3.24. The minimum atomic E-state index is -0.695. The maximum Gasteiger partial charge on any atom is 0.307 e. The van der Waals surface area contributed by atoms with Crippen molar-refractivity contribution in [3.05, 3.63) is 88.2 Å². The SMILES string of the molecule is CO[C@@H](c1cc(COc2ccc3c(c2)[C@@]2(CC3)CC[C@H]2C(=O)O)ccc1-c1cc(C)ccc1F)C(C)(C)C. The number of benzene rings is 3. The van der Waals surface area contributed by atoms with Crippen molar-refractivity contribution < 1.29 is 23.8 Å². The molecule has 2 aliphatic rings. The van der Waals surface area contributed by atoms with E-state index in [4.69, 9.17) is 9.47 Å². The predicted molar refractivity (Wildman–Crippen MR) is 147 cm³/mol. The quantitative estimate of drug-likeness (QED) is 0.348. The van der Waals surface area contributed by atoms with Crippen molar-refractivity contribution in [3.8, 4) is 16.9 Å². The zero-order valence-corrected chi connectivity index (χ0v) is 22.9. The van der Waals surface area contributed by atoms with Crippen LogP contribution in [0, 0.1) is 24.1 Å². The Balaban J connectivity index is 1.45. The molecule has 0 saturated heterocycles. The number of carboxylic acid groups (broad SMARTS) is 1. The van der Waals surface area contributed by atoms with Gasteiger partial charge in [0.1, 0.15) is 18.2 Å². The minimum absolute atomic E-state index is 0.207. The zero-order chi connectivity index (χ0) is 27.2. The first-order valence-electron chi connectivity index (χ1n) is 13.4. The molecule has 1 spiro atoms. The van der Waals surface area contributed by atoms with Gasteiger partial charge in [-0.2, -0.15) is 0 Å². The first-order valence-corrected chi connectivity index (χ1v) is 13.4. The number of carbonyl (C=O) groups is 1. The molecule has 4 nitrogen and oxygen atoms in total. The van der Waals surface area contributed by atoms with E-state index in [0.29, 0.717) is 12.2 Å². The van der Waals surface area contributed by atoms with Crippen LogP contribution in [0.1, 0.15) is 74.0 Å². The van der Waals surface area contributed by atoms with Crippen LogP contribution in [0.2, 0.25) is 0 Å². The van der Waals surface area contributed by atoms with Gasteiger partial charge in [-0.15, -0.1) is 0 Å². The highest BCUT2D eigenvalue weighted by molar-refractivity contribution is 5.75. The first kappa shape index (κ1) is 26.4. The van der Waals surface area contributed by atoms with Crippen LogP contribution in [0.25, 0.3) is 11.1 Å². The lowest BCUT2D eigenvalue weighted by Crippen LogP contribution is -2.46. The van der Waals surface area contributed by atoms with E-state index in [1.165, 1.54) is 11.6 Å². The second kappa shape index (κ2) is 9.85. The van der Waals surface area contributed by atoms with E-state index in [9.17, 15) is 14.3 Å². The number of methoxy groups -OCH3 is 1. The molecular formula is C33H37FO4. The molecule has 0 aromatic heterocycles. The van der Waals surface area contributed by atoms with Gasteiger partial charge in [0.05, 0.1) is 12.0 Å². The molecule has 0 unspecified atom stereocenters. The second-order valence-electron chi connectivity index (χ2n) is 12.1. The fraction of sp³-hybridized carbons (Fsp3) is 0.424. The number of hydrogen-bond donors (Lipinski definition) is 1. The number of ether oxygens (including phenoxy) is 2. The van der Waals surface area contributed by atoms with Crippen molar-refractivity contribution >= 4 is 5.97 Å². The monoisotopic (exact) mass is 516 g/mol. The highest BCUT2D eigenvalue weighted by atomic mass is 19.1. The number of carboxylic acids is 1. The Morgan fingerprint density at radius 1 is 1.08 bits per heavy atom. The molecule has 0 radical (unpaired) electrons. The Morgan fingerprint density at radius 2 is 1.87 bits per heavy atom. The van der Waals surface area contributed by atoms with Gasteiger partial charge in [-0.25, -0.2) is 4.39 Å². The number of rotatable bonds is 7. The third-order valence-electron chi connectivity index (χ3n) is 8.54. The molecule has 5 rings (SSSR count). The molecule has 1 saturated carbocycles. The van der Waals surface area contributed by atoms with Gasteiger partial charge < -0.3 is 14.6 Å². The smallest absolute Gasteiger partial charge is 0.307 e.